The molecule has 0 bridgehead atoms. The Morgan fingerprint density at radius 2 is 2.19 bits per heavy atom. The number of hydrogen-bond donors (Lipinski definition) is 1. The molecule has 2 rings (SSSR count). The molecule has 0 aliphatic heterocycles. The first kappa shape index (κ1) is 12.1. The zero-order chi connectivity index (χ0) is 11.2. The molecule has 0 radical (unpaired) electrons. The van der Waals surface area contributed by atoms with Crippen LogP contribution >= 0.6 is 15.9 Å². The summed E-state index contributed by atoms with van der Waals surface area (Å²) in [6.45, 7) is 2.27. The molecule has 88 valence electrons. The molecule has 16 heavy (non-hydrogen) atoms. The van der Waals surface area contributed by atoms with Crippen LogP contribution in [0.25, 0.3) is 0 Å². The summed E-state index contributed by atoms with van der Waals surface area (Å²) >= 11 is 3.46. The molecule has 0 fully saturated rings. The van der Waals surface area contributed by atoms with Crippen LogP contribution in [0, 0.1) is 0 Å². The van der Waals surface area contributed by atoms with Crippen LogP contribution in [0.5, 0.6) is 0 Å². The van der Waals surface area contributed by atoms with Crippen LogP contribution in [0.1, 0.15) is 36.3 Å². The highest BCUT2D eigenvalue weighted by Crippen LogP contribution is 2.30. The normalized spacial score (nSPS) is 19.4. The van der Waals surface area contributed by atoms with Crippen LogP contribution in [-0.2, 0) is 6.42 Å². The maximum atomic E-state index is 3.57. The van der Waals surface area contributed by atoms with Crippen molar-refractivity contribution < 1.29 is 0 Å². The minimum atomic E-state index is 0.736. The van der Waals surface area contributed by atoms with E-state index in [0.29, 0.717) is 0 Å². The Labute approximate surface area is 107 Å². The SMILES string of the molecule is BrCCCNCC1CCCc2ccccc21. The van der Waals surface area contributed by atoms with Crippen molar-refractivity contribution in [2.24, 2.45) is 0 Å². The number of aryl methyl sites for hydroxylation is 1. The number of benzene rings is 1. The fourth-order valence-electron chi connectivity index (χ4n) is 2.53. The number of halogens is 1. The molecule has 1 nitrogen and oxygen atoms in total. The Morgan fingerprint density at radius 3 is 3.06 bits per heavy atom. The molecule has 1 atom stereocenters. The van der Waals surface area contributed by atoms with E-state index in [1.807, 2.05) is 0 Å². The quantitative estimate of drug-likeness (QED) is 0.644. The fourth-order valence-corrected chi connectivity index (χ4v) is 2.82. The molecule has 2 heteroatoms. The van der Waals surface area contributed by atoms with Crippen molar-refractivity contribution in [3.05, 3.63) is 35.4 Å². The highest BCUT2D eigenvalue weighted by Gasteiger charge is 2.18. The minimum absolute atomic E-state index is 0.736. The van der Waals surface area contributed by atoms with E-state index in [-0.39, 0.29) is 0 Å². The molecule has 0 heterocycles. The number of rotatable bonds is 5. The van der Waals surface area contributed by atoms with Crippen molar-refractivity contribution in [3.8, 4) is 0 Å². The predicted molar refractivity (Wildman–Crippen MR) is 73.4 cm³/mol. The Kier molecular flexibility index (Phi) is 4.86. The molecule has 1 unspecified atom stereocenters. The molecule has 1 aliphatic carbocycles. The average molecular weight is 282 g/mol. The van der Waals surface area contributed by atoms with E-state index in [0.717, 1.165) is 24.3 Å². The zero-order valence-electron chi connectivity index (χ0n) is 9.71. The van der Waals surface area contributed by atoms with Crippen LogP contribution in [-0.4, -0.2) is 18.4 Å². The van der Waals surface area contributed by atoms with E-state index >= 15 is 0 Å². The maximum Gasteiger partial charge on any atom is 0.00433 e. The second-order valence-electron chi connectivity index (χ2n) is 4.53. The lowest BCUT2D eigenvalue weighted by Gasteiger charge is -2.25. The van der Waals surface area contributed by atoms with Gasteiger partial charge in [0, 0.05) is 11.9 Å². The summed E-state index contributed by atoms with van der Waals surface area (Å²) in [6, 6.07) is 8.94. The third-order valence-corrected chi connectivity index (χ3v) is 3.93. The van der Waals surface area contributed by atoms with Crippen LogP contribution in [0.15, 0.2) is 24.3 Å². The molecular weight excluding hydrogens is 262 g/mol. The second-order valence-corrected chi connectivity index (χ2v) is 5.33. The smallest absolute Gasteiger partial charge is 0.00433 e. The second kappa shape index (κ2) is 6.41. The topological polar surface area (TPSA) is 12.0 Å². The molecule has 1 aliphatic rings. The van der Waals surface area contributed by atoms with Gasteiger partial charge in [0.15, 0.2) is 0 Å². The van der Waals surface area contributed by atoms with Crippen LogP contribution in [0.2, 0.25) is 0 Å². The molecule has 0 aromatic heterocycles. The third-order valence-electron chi connectivity index (χ3n) is 3.37. The van der Waals surface area contributed by atoms with Crippen molar-refractivity contribution >= 4 is 15.9 Å². The van der Waals surface area contributed by atoms with Gasteiger partial charge < -0.3 is 5.32 Å². The summed E-state index contributed by atoms with van der Waals surface area (Å²) in [4.78, 5) is 0. The Hall–Kier alpha value is -0.340. The van der Waals surface area contributed by atoms with Gasteiger partial charge in [-0.05, 0) is 49.3 Å². The summed E-state index contributed by atoms with van der Waals surface area (Å²) in [5.41, 5.74) is 3.15. The highest BCUT2D eigenvalue weighted by molar-refractivity contribution is 9.09. The van der Waals surface area contributed by atoms with Gasteiger partial charge in [-0.25, -0.2) is 0 Å². The first-order valence-electron chi connectivity index (χ1n) is 6.26. The molecule has 0 saturated heterocycles. The summed E-state index contributed by atoms with van der Waals surface area (Å²) in [5.74, 6) is 0.736. The van der Waals surface area contributed by atoms with Crippen molar-refractivity contribution in [2.45, 2.75) is 31.6 Å². The van der Waals surface area contributed by atoms with E-state index in [1.165, 1.54) is 25.7 Å². The summed E-state index contributed by atoms with van der Waals surface area (Å²) in [7, 11) is 0. The number of nitrogens with one attached hydrogen (secondary N) is 1. The monoisotopic (exact) mass is 281 g/mol. The molecule has 0 amide bonds. The van der Waals surface area contributed by atoms with Crippen molar-refractivity contribution in [2.75, 3.05) is 18.4 Å². The van der Waals surface area contributed by atoms with Gasteiger partial charge in [0.1, 0.15) is 0 Å². The van der Waals surface area contributed by atoms with Gasteiger partial charge in [-0.15, -0.1) is 0 Å². The molecular formula is C14H20BrN. The Bertz CT molecular complexity index is 324. The Balaban J connectivity index is 1.91. The fraction of sp³-hybridized carbons (Fsp3) is 0.571. The maximum absolute atomic E-state index is 3.57. The molecule has 1 N–H and O–H groups in total. The number of alkyl halides is 1. The van der Waals surface area contributed by atoms with Crippen LogP contribution in [0.4, 0.5) is 0 Å². The molecule has 1 aromatic rings. The van der Waals surface area contributed by atoms with E-state index in [9.17, 15) is 0 Å². The lowest BCUT2D eigenvalue weighted by molar-refractivity contribution is 0.508. The van der Waals surface area contributed by atoms with Gasteiger partial charge >= 0.3 is 0 Å². The van der Waals surface area contributed by atoms with Gasteiger partial charge in [0.2, 0.25) is 0 Å². The third kappa shape index (κ3) is 3.08. The van der Waals surface area contributed by atoms with Crippen LogP contribution in [0.3, 0.4) is 0 Å². The van der Waals surface area contributed by atoms with Crippen molar-refractivity contribution in [3.63, 3.8) is 0 Å². The van der Waals surface area contributed by atoms with E-state index in [4.69, 9.17) is 0 Å². The molecule has 0 saturated carbocycles. The van der Waals surface area contributed by atoms with Gasteiger partial charge in [0.05, 0.1) is 0 Å². The van der Waals surface area contributed by atoms with E-state index in [1.54, 1.807) is 11.1 Å². The summed E-state index contributed by atoms with van der Waals surface area (Å²) in [5, 5.41) is 4.67. The first-order chi connectivity index (χ1) is 7.92. The van der Waals surface area contributed by atoms with Crippen molar-refractivity contribution in [1.29, 1.82) is 0 Å². The first-order valence-corrected chi connectivity index (χ1v) is 7.38. The van der Waals surface area contributed by atoms with Crippen LogP contribution < -0.4 is 5.32 Å². The number of hydrogen-bond acceptors (Lipinski definition) is 1. The largest absolute Gasteiger partial charge is 0.316 e. The lowest BCUT2D eigenvalue weighted by Crippen LogP contribution is -2.25. The van der Waals surface area contributed by atoms with Crippen molar-refractivity contribution in [1.82, 2.24) is 5.32 Å². The Morgan fingerprint density at radius 1 is 1.31 bits per heavy atom. The van der Waals surface area contributed by atoms with Gasteiger partial charge in [0.25, 0.3) is 0 Å². The molecule has 1 aromatic carbocycles. The van der Waals surface area contributed by atoms with Gasteiger partial charge in [-0.3, -0.25) is 0 Å². The predicted octanol–water partition coefficient (Wildman–Crippen LogP) is 3.48. The lowest BCUT2D eigenvalue weighted by atomic mass is 9.83. The minimum Gasteiger partial charge on any atom is -0.316 e. The average Bonchev–Trinajstić information content (AvgIpc) is 2.35. The van der Waals surface area contributed by atoms with Gasteiger partial charge in [-0.1, -0.05) is 40.2 Å². The van der Waals surface area contributed by atoms with E-state index in [2.05, 4.69) is 45.5 Å². The van der Waals surface area contributed by atoms with E-state index < -0.39 is 0 Å². The summed E-state index contributed by atoms with van der Waals surface area (Å²) in [6.07, 6.45) is 5.18. The molecule has 0 spiro atoms. The number of fused-ring (bicyclic) bond motifs is 1. The summed E-state index contributed by atoms with van der Waals surface area (Å²) < 4.78 is 0. The highest BCUT2D eigenvalue weighted by atomic mass is 79.9. The van der Waals surface area contributed by atoms with Gasteiger partial charge in [-0.2, -0.15) is 0 Å². The zero-order valence-corrected chi connectivity index (χ0v) is 11.3. The standard InChI is InChI=1S/C14H20BrN/c15-9-4-10-16-11-13-7-3-6-12-5-1-2-8-14(12)13/h1-2,5,8,13,16H,3-4,6-7,9-11H2.